The van der Waals surface area contributed by atoms with Crippen LogP contribution in [0.15, 0.2) is 53.6 Å². The van der Waals surface area contributed by atoms with Gasteiger partial charge < -0.3 is 4.74 Å². The average molecular weight is 366 g/mol. The Kier molecular flexibility index (Phi) is 4.67. The van der Waals surface area contributed by atoms with Crippen molar-refractivity contribution in [2.24, 2.45) is 5.10 Å². The van der Waals surface area contributed by atoms with E-state index < -0.39 is 36.0 Å². The molecule has 1 amide bonds. The van der Waals surface area contributed by atoms with Gasteiger partial charge in [0.05, 0.1) is 12.8 Å². The third-order valence-corrected chi connectivity index (χ3v) is 4.03. The summed E-state index contributed by atoms with van der Waals surface area (Å²) >= 11 is 0. The van der Waals surface area contributed by atoms with E-state index in [1.54, 1.807) is 0 Å². The molecule has 0 radical (unpaired) electrons. The average Bonchev–Trinajstić information content (AvgIpc) is 2.61. The summed E-state index contributed by atoms with van der Waals surface area (Å²) in [5.41, 5.74) is -0.708. The van der Waals surface area contributed by atoms with Gasteiger partial charge in [-0.25, -0.2) is 9.40 Å². The van der Waals surface area contributed by atoms with Crippen molar-refractivity contribution >= 4 is 17.3 Å². The molecular formula is C18H14F4N2O2. The minimum atomic E-state index is -4.73. The molecule has 1 atom stereocenters. The van der Waals surface area contributed by atoms with E-state index in [2.05, 4.69) is 5.10 Å². The number of hydrogen-bond donors (Lipinski definition) is 0. The quantitative estimate of drug-likeness (QED) is 0.761. The van der Waals surface area contributed by atoms with E-state index in [1.165, 1.54) is 43.5 Å². The Bertz CT molecular complexity index is 830. The van der Waals surface area contributed by atoms with Gasteiger partial charge in [-0.15, -0.1) is 0 Å². The molecule has 3 rings (SSSR count). The number of nitrogens with zero attached hydrogens (tertiary/aromatic N) is 2. The molecule has 0 spiro atoms. The number of hydrogen-bond acceptors (Lipinski definition) is 3. The molecule has 4 nitrogen and oxygen atoms in total. The summed E-state index contributed by atoms with van der Waals surface area (Å²) in [5, 5.41) is 4.32. The second-order valence-corrected chi connectivity index (χ2v) is 5.69. The van der Waals surface area contributed by atoms with E-state index >= 15 is 0 Å². The Morgan fingerprint density at radius 2 is 1.69 bits per heavy atom. The Morgan fingerprint density at radius 3 is 2.23 bits per heavy atom. The molecule has 1 aliphatic rings. The maximum atomic E-state index is 13.5. The van der Waals surface area contributed by atoms with Gasteiger partial charge >= 0.3 is 6.18 Å². The van der Waals surface area contributed by atoms with Gasteiger partial charge in [-0.05, 0) is 42.0 Å². The number of alkyl halides is 3. The van der Waals surface area contributed by atoms with Gasteiger partial charge in [0.25, 0.3) is 0 Å². The lowest BCUT2D eigenvalue weighted by molar-refractivity contribution is -0.119. The molecule has 0 bridgehead atoms. The number of rotatable bonds is 3. The van der Waals surface area contributed by atoms with Crippen molar-refractivity contribution in [1.29, 1.82) is 0 Å². The summed E-state index contributed by atoms with van der Waals surface area (Å²) in [6.07, 6.45) is -5.15. The number of carbonyl (C=O) groups excluding carboxylic acids is 1. The van der Waals surface area contributed by atoms with Crippen LogP contribution in [0.3, 0.4) is 0 Å². The zero-order chi connectivity index (χ0) is 18.9. The molecule has 0 aliphatic carbocycles. The Hall–Kier alpha value is -2.90. The first-order chi connectivity index (χ1) is 12.3. The van der Waals surface area contributed by atoms with E-state index in [0.29, 0.717) is 5.75 Å². The smallest absolute Gasteiger partial charge is 0.431 e. The van der Waals surface area contributed by atoms with E-state index in [-0.39, 0.29) is 11.3 Å². The number of ether oxygens (including phenoxy) is 1. The van der Waals surface area contributed by atoms with Gasteiger partial charge in [-0.2, -0.15) is 18.3 Å². The molecule has 0 aromatic heterocycles. The fourth-order valence-corrected chi connectivity index (χ4v) is 2.74. The number of anilines is 1. The summed E-state index contributed by atoms with van der Waals surface area (Å²) in [6.45, 7) is 0. The normalized spacial score (nSPS) is 17.9. The molecule has 0 fully saturated rings. The second-order valence-electron chi connectivity index (χ2n) is 5.69. The summed E-state index contributed by atoms with van der Waals surface area (Å²) in [7, 11) is 1.45. The fraction of sp³-hybridized carbons (Fsp3) is 0.222. The van der Waals surface area contributed by atoms with Crippen LogP contribution in [0.25, 0.3) is 0 Å². The third kappa shape index (κ3) is 3.54. The molecule has 2 aromatic rings. The van der Waals surface area contributed by atoms with Crippen LogP contribution in [0.4, 0.5) is 23.2 Å². The molecule has 2 aromatic carbocycles. The molecule has 0 saturated heterocycles. The predicted octanol–water partition coefficient (Wildman–Crippen LogP) is 4.27. The van der Waals surface area contributed by atoms with Gasteiger partial charge in [0.2, 0.25) is 5.91 Å². The van der Waals surface area contributed by atoms with E-state index in [0.717, 1.165) is 17.1 Å². The van der Waals surface area contributed by atoms with Crippen molar-refractivity contribution in [3.63, 3.8) is 0 Å². The minimum Gasteiger partial charge on any atom is -0.497 e. The second kappa shape index (κ2) is 6.78. The number of halogens is 4. The Balaban J connectivity index is 2.02. The number of carbonyl (C=O) groups is 1. The first-order valence-electron chi connectivity index (χ1n) is 7.68. The van der Waals surface area contributed by atoms with Crippen molar-refractivity contribution < 1.29 is 27.1 Å². The molecule has 1 heterocycles. The highest BCUT2D eigenvalue weighted by atomic mass is 19.4. The van der Waals surface area contributed by atoms with E-state index in [4.69, 9.17) is 4.74 Å². The van der Waals surface area contributed by atoms with E-state index in [9.17, 15) is 22.4 Å². The minimum absolute atomic E-state index is 0.185. The third-order valence-electron chi connectivity index (χ3n) is 4.03. The predicted molar refractivity (Wildman–Crippen MR) is 87.7 cm³/mol. The summed E-state index contributed by atoms with van der Waals surface area (Å²) < 4.78 is 58.6. The standard InChI is InChI=1S/C18H14F4N2O2/c1-26-14-8-6-13(7-9-14)24-16(25)10-15(17(23-24)18(20,21)22)11-2-4-12(19)5-3-11/h2-9,15H,10H2,1H3/t15-/m0/s1. The molecule has 1 aliphatic heterocycles. The fourth-order valence-electron chi connectivity index (χ4n) is 2.74. The topological polar surface area (TPSA) is 41.9 Å². The largest absolute Gasteiger partial charge is 0.497 e. The van der Waals surface area contributed by atoms with Gasteiger partial charge in [0, 0.05) is 12.3 Å². The van der Waals surface area contributed by atoms with Crippen molar-refractivity contribution in [2.45, 2.75) is 18.5 Å². The van der Waals surface area contributed by atoms with Crippen LogP contribution in [0, 0.1) is 5.82 Å². The Morgan fingerprint density at radius 1 is 1.08 bits per heavy atom. The summed E-state index contributed by atoms with van der Waals surface area (Å²) in [6, 6.07) is 10.5. The van der Waals surface area contributed by atoms with Gasteiger partial charge in [0.15, 0.2) is 5.71 Å². The first-order valence-corrected chi connectivity index (χ1v) is 7.68. The van der Waals surface area contributed by atoms with Crippen LogP contribution in [-0.4, -0.2) is 24.9 Å². The van der Waals surface area contributed by atoms with Crippen LogP contribution < -0.4 is 9.75 Å². The molecule has 26 heavy (non-hydrogen) atoms. The molecule has 136 valence electrons. The lowest BCUT2D eigenvalue weighted by atomic mass is 9.89. The number of methoxy groups -OCH3 is 1. The number of hydrazone groups is 1. The first kappa shape index (κ1) is 17.9. The summed E-state index contributed by atoms with van der Waals surface area (Å²) in [5.74, 6) is -1.93. The van der Waals surface area contributed by atoms with E-state index in [1.807, 2.05) is 0 Å². The van der Waals surface area contributed by atoms with Gasteiger partial charge in [-0.3, -0.25) is 4.79 Å². The van der Waals surface area contributed by atoms with Crippen LogP contribution >= 0.6 is 0 Å². The SMILES string of the molecule is COc1ccc(N2N=C(C(F)(F)F)[C@H](c3ccc(F)cc3)CC2=O)cc1. The lowest BCUT2D eigenvalue weighted by Crippen LogP contribution is -2.42. The van der Waals surface area contributed by atoms with Crippen molar-refractivity contribution in [3.05, 3.63) is 59.9 Å². The lowest BCUT2D eigenvalue weighted by Gasteiger charge is -2.30. The maximum Gasteiger partial charge on any atom is 0.431 e. The molecule has 0 saturated carbocycles. The molecule has 0 N–H and O–H groups in total. The number of amides is 1. The van der Waals surface area contributed by atoms with Crippen molar-refractivity contribution in [2.75, 3.05) is 12.1 Å². The molecule has 0 unspecified atom stereocenters. The Labute approximate surface area is 146 Å². The molecule has 8 heteroatoms. The highest BCUT2D eigenvalue weighted by molar-refractivity contribution is 6.07. The van der Waals surface area contributed by atoms with Crippen LogP contribution in [0.5, 0.6) is 5.75 Å². The zero-order valence-corrected chi connectivity index (χ0v) is 13.6. The van der Waals surface area contributed by atoms with Crippen LogP contribution in [0.2, 0.25) is 0 Å². The highest BCUT2D eigenvalue weighted by Gasteiger charge is 2.46. The van der Waals surface area contributed by atoms with Crippen molar-refractivity contribution in [1.82, 2.24) is 0 Å². The number of benzene rings is 2. The highest BCUT2D eigenvalue weighted by Crippen LogP contribution is 2.36. The van der Waals surface area contributed by atoms with Crippen LogP contribution in [-0.2, 0) is 4.79 Å². The van der Waals surface area contributed by atoms with Gasteiger partial charge in [0.1, 0.15) is 11.6 Å². The van der Waals surface area contributed by atoms with Crippen molar-refractivity contribution in [3.8, 4) is 5.75 Å². The summed E-state index contributed by atoms with van der Waals surface area (Å²) in [4.78, 5) is 12.4. The molecular weight excluding hydrogens is 352 g/mol. The van der Waals surface area contributed by atoms with Crippen LogP contribution in [0.1, 0.15) is 17.9 Å². The maximum absolute atomic E-state index is 13.5. The van der Waals surface area contributed by atoms with Gasteiger partial charge in [-0.1, -0.05) is 12.1 Å². The monoisotopic (exact) mass is 366 g/mol. The zero-order valence-electron chi connectivity index (χ0n) is 13.6.